The molecule has 3 fully saturated rings. The van der Waals surface area contributed by atoms with Crippen LogP contribution in [0.2, 0.25) is 0 Å². The molecule has 1 aromatic carbocycles. The van der Waals surface area contributed by atoms with Crippen LogP contribution in [0.4, 0.5) is 4.39 Å². The molecule has 212 valence electrons. The number of nitrogens with zero attached hydrogens (tertiary/aromatic N) is 2. The first-order valence-electron chi connectivity index (χ1n) is 13.9. The number of alkyl halides is 1. The molecule has 0 spiro atoms. The van der Waals surface area contributed by atoms with Gasteiger partial charge >= 0.3 is 5.78 Å². The second kappa shape index (κ2) is 16.8. The van der Waals surface area contributed by atoms with Gasteiger partial charge in [0.15, 0.2) is 0 Å². The molecule has 0 bridgehead atoms. The zero-order chi connectivity index (χ0) is 28.0. The van der Waals surface area contributed by atoms with Crippen molar-refractivity contribution in [1.29, 1.82) is 0 Å². The van der Waals surface area contributed by atoms with Crippen LogP contribution in [0.25, 0.3) is 6.08 Å². The van der Waals surface area contributed by atoms with Crippen LogP contribution >= 0.6 is 9.24 Å². The minimum atomic E-state index is -2.09. The van der Waals surface area contributed by atoms with E-state index in [1.807, 2.05) is 66.4 Å². The first-order chi connectivity index (χ1) is 18.1. The monoisotopic (exact) mass is 546 g/mol. The Morgan fingerprint density at radius 1 is 1.13 bits per heavy atom. The molecule has 2 saturated heterocycles. The fourth-order valence-electron chi connectivity index (χ4n) is 4.91. The summed E-state index contributed by atoms with van der Waals surface area (Å²) in [5.74, 6) is -1.74. The molecule has 3 aliphatic rings. The number of amides is 1. The maximum Gasteiger partial charge on any atom is 0.374 e. The van der Waals surface area contributed by atoms with Crippen LogP contribution in [0.3, 0.4) is 0 Å². The molecule has 5 nitrogen and oxygen atoms in total. The smallest absolute Gasteiger partial charge is 0.374 e. The molecule has 0 radical (unpaired) electrons. The third-order valence-corrected chi connectivity index (χ3v) is 7.05. The summed E-state index contributed by atoms with van der Waals surface area (Å²) >= 11 is 0. The molecule has 2 heterocycles. The minimum absolute atomic E-state index is 0.343. The molecule has 1 saturated carbocycles. The van der Waals surface area contributed by atoms with Gasteiger partial charge in [-0.2, -0.15) is 4.39 Å². The molecule has 0 N–H and O–H groups in total. The molecule has 3 unspecified atom stereocenters. The molecular weight excluding hydrogens is 498 g/mol. The zero-order valence-electron chi connectivity index (χ0n) is 23.8. The fraction of sp³-hybridized carbons (Fsp3) is 0.581. The maximum atomic E-state index is 13.1. The number of hydrogen-bond donors (Lipinski definition) is 0. The average molecular weight is 547 g/mol. The van der Waals surface area contributed by atoms with Gasteiger partial charge in [-0.25, -0.2) is 0 Å². The van der Waals surface area contributed by atoms with Gasteiger partial charge in [-0.1, -0.05) is 79.5 Å². The van der Waals surface area contributed by atoms with Gasteiger partial charge < -0.3 is 14.5 Å². The van der Waals surface area contributed by atoms with Crippen molar-refractivity contribution in [3.8, 4) is 0 Å². The van der Waals surface area contributed by atoms with Crippen LogP contribution < -0.4 is 0 Å². The normalized spacial score (nSPS) is 23.9. The van der Waals surface area contributed by atoms with E-state index in [-0.39, 0.29) is 6.10 Å². The van der Waals surface area contributed by atoms with Crippen LogP contribution in [-0.4, -0.2) is 60.8 Å². The van der Waals surface area contributed by atoms with E-state index < -0.39 is 5.78 Å². The predicted molar refractivity (Wildman–Crippen MR) is 159 cm³/mol. The van der Waals surface area contributed by atoms with Crippen molar-refractivity contribution >= 4 is 21.7 Å². The Hall–Kier alpha value is -2.01. The van der Waals surface area contributed by atoms with Crippen molar-refractivity contribution in [2.75, 3.05) is 26.7 Å². The summed E-state index contributed by atoms with van der Waals surface area (Å²) in [6, 6.07) is 11.1. The largest absolute Gasteiger partial charge is 0.435 e. The number of carbonyl (C=O) groups is 1. The lowest BCUT2D eigenvalue weighted by atomic mass is 9.94. The van der Waals surface area contributed by atoms with Gasteiger partial charge in [0.2, 0.25) is 6.41 Å². The molecular formula is C31H48FN2O3P. The summed E-state index contributed by atoms with van der Waals surface area (Å²) in [5.41, 5.74) is 3.51. The lowest BCUT2D eigenvalue weighted by molar-refractivity contribution is -0.179. The summed E-state index contributed by atoms with van der Waals surface area (Å²) in [4.78, 5) is 14.7. The van der Waals surface area contributed by atoms with Crippen LogP contribution in [-0.2, 0) is 14.3 Å². The van der Waals surface area contributed by atoms with Gasteiger partial charge in [-0.3, -0.25) is 9.53 Å². The van der Waals surface area contributed by atoms with E-state index in [0.717, 1.165) is 18.0 Å². The van der Waals surface area contributed by atoms with Crippen molar-refractivity contribution < 1.29 is 18.7 Å². The maximum absolute atomic E-state index is 13.1. The Balaban J connectivity index is 0.000000201. The van der Waals surface area contributed by atoms with E-state index >= 15 is 0 Å². The minimum Gasteiger partial charge on any atom is -0.435 e. The number of likely N-dealkylation sites (tertiary alicyclic amines) is 1. The summed E-state index contributed by atoms with van der Waals surface area (Å²) in [7, 11) is 3.63. The third-order valence-electron chi connectivity index (χ3n) is 6.80. The average Bonchev–Trinajstić information content (AvgIpc) is 3.52. The van der Waals surface area contributed by atoms with E-state index in [1.165, 1.54) is 69.2 Å². The highest BCUT2D eigenvalue weighted by Crippen LogP contribution is 2.38. The number of halogens is 1. The number of hydrogen-bond acceptors (Lipinski definition) is 4. The van der Waals surface area contributed by atoms with Gasteiger partial charge in [-0.05, 0) is 80.8 Å². The number of ether oxygens (including phenoxy) is 2. The van der Waals surface area contributed by atoms with Gasteiger partial charge in [-0.15, -0.1) is 0 Å². The highest BCUT2D eigenvalue weighted by atomic mass is 31.0. The summed E-state index contributed by atoms with van der Waals surface area (Å²) < 4.78 is 22.8. The Kier molecular flexibility index (Phi) is 14.3. The van der Waals surface area contributed by atoms with E-state index in [2.05, 4.69) is 17.6 Å². The number of allylic oxidation sites excluding steroid dienone is 1. The van der Waals surface area contributed by atoms with Crippen LogP contribution in [0.15, 0.2) is 59.9 Å². The lowest BCUT2D eigenvalue weighted by Gasteiger charge is -2.30. The second-order valence-corrected chi connectivity index (χ2v) is 11.4. The van der Waals surface area contributed by atoms with Crippen molar-refractivity contribution in [2.45, 2.75) is 90.1 Å². The quantitative estimate of drug-likeness (QED) is 0.204. The summed E-state index contributed by atoms with van der Waals surface area (Å²) in [5, 5.41) is 0. The third kappa shape index (κ3) is 12.7. The highest BCUT2D eigenvalue weighted by molar-refractivity contribution is 7.17. The van der Waals surface area contributed by atoms with Crippen molar-refractivity contribution in [1.82, 2.24) is 9.80 Å². The standard InChI is InChI=1S/C12H15NO.C10H19N.C9H14FO2P/c1-11(9-13(2)10-14)8-12-6-4-3-5-7-12;1-2-6-10(7-3-1)11-8-4-5-9-11;1-6(2)4-5-8-7(3)11-9(10,13)12-8/h3-8,10H,9H2,1-2H3;10H,1-9H2;4,8H,3,5,13H2,1-2H3/b11-8+;;. The summed E-state index contributed by atoms with van der Waals surface area (Å²) in [6.45, 7) is 13.0. The first kappa shape index (κ1) is 32.2. The zero-order valence-corrected chi connectivity index (χ0v) is 25.0. The van der Waals surface area contributed by atoms with Gasteiger partial charge in [0.1, 0.15) is 11.9 Å². The van der Waals surface area contributed by atoms with E-state index in [0.29, 0.717) is 18.7 Å². The molecule has 1 aliphatic carbocycles. The predicted octanol–water partition coefficient (Wildman–Crippen LogP) is 7.32. The van der Waals surface area contributed by atoms with Gasteiger partial charge in [0, 0.05) is 19.6 Å². The SMILES string of the molecule is C/C(=C\c1ccccc1)CN(C)C=O.C1CCC(N2CCCC2)CC1.C=C1OC(F)(P)OC1CC=C(C)C. The highest BCUT2D eigenvalue weighted by Gasteiger charge is 2.40. The van der Waals surface area contributed by atoms with Gasteiger partial charge in [0.05, 0.1) is 0 Å². The molecule has 3 atom stereocenters. The van der Waals surface area contributed by atoms with Crippen molar-refractivity contribution in [2.24, 2.45) is 0 Å². The van der Waals surface area contributed by atoms with E-state index in [4.69, 9.17) is 9.47 Å². The molecule has 1 amide bonds. The van der Waals surface area contributed by atoms with Gasteiger partial charge in [0.25, 0.3) is 0 Å². The molecule has 1 aromatic rings. The number of carbonyl (C=O) groups excluding carboxylic acids is 1. The van der Waals surface area contributed by atoms with Crippen molar-refractivity contribution in [3.63, 3.8) is 0 Å². The topological polar surface area (TPSA) is 42.0 Å². The fourth-order valence-corrected chi connectivity index (χ4v) is 5.23. The lowest BCUT2D eigenvalue weighted by Crippen LogP contribution is -2.34. The molecule has 7 heteroatoms. The number of rotatable bonds is 7. The second-order valence-electron chi connectivity index (χ2n) is 10.7. The first-order valence-corrected chi connectivity index (χ1v) is 14.5. The Labute approximate surface area is 232 Å². The molecule has 4 rings (SSSR count). The number of benzene rings is 1. The molecule has 38 heavy (non-hydrogen) atoms. The number of likely N-dealkylation sites (N-methyl/N-ethyl adjacent to an activating group) is 1. The molecule has 2 aliphatic heterocycles. The van der Waals surface area contributed by atoms with E-state index in [1.54, 1.807) is 11.9 Å². The van der Waals surface area contributed by atoms with E-state index in [9.17, 15) is 9.18 Å². The van der Waals surface area contributed by atoms with Crippen LogP contribution in [0.1, 0.15) is 77.7 Å². The summed E-state index contributed by atoms with van der Waals surface area (Å²) in [6.07, 6.45) is 15.5. The van der Waals surface area contributed by atoms with Crippen LogP contribution in [0.5, 0.6) is 0 Å². The van der Waals surface area contributed by atoms with Crippen LogP contribution in [0, 0.1) is 0 Å². The Bertz CT molecular complexity index is 903. The Morgan fingerprint density at radius 3 is 2.29 bits per heavy atom. The Morgan fingerprint density at radius 2 is 1.76 bits per heavy atom. The van der Waals surface area contributed by atoms with Crippen molar-refractivity contribution in [3.05, 3.63) is 65.5 Å². The molecule has 0 aromatic heterocycles.